The highest BCUT2D eigenvalue weighted by molar-refractivity contribution is 7.73. The molecule has 1 saturated heterocycles. The summed E-state index contributed by atoms with van der Waals surface area (Å²) in [4.78, 5) is 61.7. The fourth-order valence-corrected chi connectivity index (χ4v) is 5.43. The van der Waals surface area contributed by atoms with Crippen molar-refractivity contribution in [3.8, 4) is 0 Å². The summed E-state index contributed by atoms with van der Waals surface area (Å²) < 4.78 is 13.5. The Hall–Kier alpha value is -3.41. The minimum absolute atomic E-state index is 0.0940. The van der Waals surface area contributed by atoms with Crippen LogP contribution >= 0.6 is 34.9 Å². The van der Waals surface area contributed by atoms with Crippen LogP contribution in [0.2, 0.25) is 0 Å². The van der Waals surface area contributed by atoms with Crippen molar-refractivity contribution in [3.63, 3.8) is 0 Å². The molecule has 4 aromatic rings. The zero-order chi connectivity index (χ0) is 25.4. The number of fused-ring (bicyclic) bond motifs is 2. The number of ether oxygens (including phenoxy) is 2. The number of nitrogens with zero attached hydrogens (tertiary/aromatic N) is 3. The lowest BCUT2D eigenvalue weighted by atomic mass is 10.1. The summed E-state index contributed by atoms with van der Waals surface area (Å²) in [5.74, 6) is -0.460. The average molecular weight is 541 g/mol. The molecule has 186 valence electrons. The van der Waals surface area contributed by atoms with Crippen LogP contribution in [-0.4, -0.2) is 47.7 Å². The van der Waals surface area contributed by atoms with Crippen molar-refractivity contribution in [2.45, 2.75) is 45.1 Å². The molecule has 0 radical (unpaired) electrons. The van der Waals surface area contributed by atoms with E-state index in [1.165, 1.54) is 22.8 Å². The van der Waals surface area contributed by atoms with Gasteiger partial charge in [0.25, 0.3) is 11.1 Å². The highest BCUT2D eigenvalue weighted by Gasteiger charge is 2.40. The molecule has 1 aliphatic heterocycles. The molecule has 0 unspecified atom stereocenters. The van der Waals surface area contributed by atoms with Gasteiger partial charge in [0.1, 0.15) is 15.5 Å². The van der Waals surface area contributed by atoms with E-state index in [0.29, 0.717) is 27.1 Å². The highest BCUT2D eigenvalue weighted by Crippen LogP contribution is 2.34. The number of anilines is 2. The Bertz CT molecular complexity index is 1650. The Balaban J connectivity index is 0.000000201. The summed E-state index contributed by atoms with van der Waals surface area (Å²) in [6.07, 6.45) is -0.399. The van der Waals surface area contributed by atoms with E-state index in [2.05, 4.69) is 24.9 Å². The first-order valence-corrected chi connectivity index (χ1v) is 12.2. The number of nitrogen functional groups attached to an aromatic ring is 2. The molecule has 0 spiro atoms. The molecule has 35 heavy (non-hydrogen) atoms. The van der Waals surface area contributed by atoms with Gasteiger partial charge in [0, 0.05) is 13.3 Å². The fourth-order valence-electron chi connectivity index (χ4n) is 3.57. The molecule has 4 aromatic heterocycles. The smallest absolute Gasteiger partial charge is 0.311 e. The zero-order valence-electron chi connectivity index (χ0n) is 18.3. The van der Waals surface area contributed by atoms with Crippen LogP contribution in [0.1, 0.15) is 32.9 Å². The first-order chi connectivity index (χ1) is 16.6. The van der Waals surface area contributed by atoms with E-state index in [9.17, 15) is 19.2 Å². The summed E-state index contributed by atoms with van der Waals surface area (Å²) >= 11 is 6.79. The second-order valence-corrected chi connectivity index (χ2v) is 10.1. The van der Waals surface area contributed by atoms with E-state index in [-0.39, 0.29) is 33.9 Å². The van der Waals surface area contributed by atoms with Gasteiger partial charge in [0.2, 0.25) is 11.9 Å². The molecule has 5 rings (SSSR count). The number of carbonyl (C=O) groups is 1. The van der Waals surface area contributed by atoms with Gasteiger partial charge in [-0.2, -0.15) is 9.97 Å². The third-order valence-corrected chi connectivity index (χ3v) is 7.14. The van der Waals surface area contributed by atoms with E-state index in [4.69, 9.17) is 33.2 Å². The first-order valence-electron chi connectivity index (χ1n) is 10.2. The number of esters is 1. The van der Waals surface area contributed by atoms with Gasteiger partial charge >= 0.3 is 10.8 Å². The molecule has 0 aliphatic carbocycles. The maximum atomic E-state index is 12.3. The second kappa shape index (κ2) is 9.68. The Labute approximate surface area is 207 Å². The van der Waals surface area contributed by atoms with Crippen molar-refractivity contribution in [2.75, 3.05) is 11.5 Å². The number of aromatic amines is 3. The van der Waals surface area contributed by atoms with E-state index >= 15 is 0 Å². The van der Waals surface area contributed by atoms with Crippen molar-refractivity contribution >= 4 is 73.5 Å². The van der Waals surface area contributed by atoms with Crippen molar-refractivity contribution in [3.05, 3.63) is 34.3 Å². The molecule has 5 heterocycles. The maximum absolute atomic E-state index is 12.3. The van der Waals surface area contributed by atoms with Gasteiger partial charge in [-0.25, -0.2) is 0 Å². The topological polar surface area (TPSA) is 217 Å². The number of carbonyl (C=O) groups excluding carboxylic acids is 1. The Morgan fingerprint density at radius 2 is 1.80 bits per heavy atom. The lowest BCUT2D eigenvalue weighted by Crippen LogP contribution is -2.30. The number of hydrogen-bond acceptors (Lipinski definition) is 13. The number of hydrogen-bond donors (Lipinski definition) is 5. The molecular weight excluding hydrogens is 520 g/mol. The number of H-pyrrole nitrogens is 3. The molecule has 0 saturated carbocycles. The maximum Gasteiger partial charge on any atom is 0.311 e. The van der Waals surface area contributed by atoms with Gasteiger partial charge in [0.15, 0.2) is 21.5 Å². The molecule has 0 aromatic carbocycles. The fraction of sp³-hybridized carbons (Fsp3) is 0.389. The van der Waals surface area contributed by atoms with E-state index in [1.807, 2.05) is 6.92 Å². The van der Waals surface area contributed by atoms with Gasteiger partial charge < -0.3 is 25.9 Å². The van der Waals surface area contributed by atoms with Crippen molar-refractivity contribution < 1.29 is 14.3 Å². The Morgan fingerprint density at radius 1 is 1.14 bits per heavy atom. The van der Waals surface area contributed by atoms with Crippen molar-refractivity contribution in [2.24, 2.45) is 0 Å². The molecular formula is C18H20N8O6S3. The Kier molecular flexibility index (Phi) is 6.84. The minimum Gasteiger partial charge on any atom is -0.458 e. The molecule has 17 heteroatoms. The Morgan fingerprint density at radius 3 is 2.46 bits per heavy atom. The summed E-state index contributed by atoms with van der Waals surface area (Å²) in [7, 11) is 0. The predicted molar refractivity (Wildman–Crippen MR) is 133 cm³/mol. The van der Waals surface area contributed by atoms with Gasteiger partial charge in [-0.1, -0.05) is 29.6 Å². The van der Waals surface area contributed by atoms with Crippen LogP contribution in [0.15, 0.2) is 14.4 Å². The molecule has 3 atom stereocenters. The summed E-state index contributed by atoms with van der Waals surface area (Å²) in [6.45, 7) is 3.24. The van der Waals surface area contributed by atoms with Gasteiger partial charge in [-0.15, -0.1) is 0 Å². The van der Waals surface area contributed by atoms with Crippen LogP contribution in [0, 0.1) is 3.95 Å². The second-order valence-electron chi connectivity index (χ2n) is 7.43. The van der Waals surface area contributed by atoms with Crippen LogP contribution < -0.4 is 27.5 Å². The number of rotatable bonds is 3. The standard InChI is InChI=1S/C13H16N4O5S.C5H4N4OS2/c1-3-6-4-7(21-5(2)18)11(22-6)17-9-8(23-13(17)20)10(19)16-12(14)15-9;6-4-7-2-1(3(10)9-4)12-5(11)8-2/h6-7,11H,3-4H2,1-2H3,(H3,14,15,16,19);(H4,6,7,8,9,10,11)/t6-,7-,11-;/m1./s1. The van der Waals surface area contributed by atoms with Gasteiger partial charge in [-0.05, 0) is 18.6 Å². The van der Waals surface area contributed by atoms with Crippen molar-refractivity contribution in [1.82, 2.24) is 29.5 Å². The number of aromatic nitrogens is 6. The molecule has 7 N–H and O–H groups in total. The van der Waals surface area contributed by atoms with Crippen LogP contribution in [0.25, 0.3) is 20.7 Å². The largest absolute Gasteiger partial charge is 0.458 e. The third-order valence-electron chi connectivity index (χ3n) is 4.97. The quantitative estimate of drug-likeness (QED) is 0.182. The van der Waals surface area contributed by atoms with Crippen LogP contribution in [-0.2, 0) is 14.3 Å². The first kappa shape index (κ1) is 24.7. The lowest BCUT2D eigenvalue weighted by Gasteiger charge is -2.19. The van der Waals surface area contributed by atoms with Gasteiger partial charge in [0.05, 0.1) is 6.10 Å². The molecule has 0 bridgehead atoms. The zero-order valence-corrected chi connectivity index (χ0v) is 20.8. The molecule has 1 fully saturated rings. The highest BCUT2D eigenvalue weighted by atomic mass is 32.1. The summed E-state index contributed by atoms with van der Waals surface area (Å²) in [5, 5.41) is 0. The molecule has 0 amide bonds. The van der Waals surface area contributed by atoms with Crippen molar-refractivity contribution in [1.29, 1.82) is 0 Å². The van der Waals surface area contributed by atoms with Crippen LogP contribution in [0.4, 0.5) is 11.9 Å². The summed E-state index contributed by atoms with van der Waals surface area (Å²) in [6, 6.07) is 0. The third kappa shape index (κ3) is 5.02. The number of nitrogens with two attached hydrogens (primary N) is 2. The predicted octanol–water partition coefficient (Wildman–Crippen LogP) is 0.982. The number of nitrogens with one attached hydrogen (secondary N) is 3. The monoisotopic (exact) mass is 540 g/mol. The normalized spacial score (nSPS) is 19.5. The lowest BCUT2D eigenvalue weighted by molar-refractivity contribution is -0.152. The molecule has 1 aliphatic rings. The van der Waals surface area contributed by atoms with E-state index in [0.717, 1.165) is 11.3 Å². The molecule has 14 nitrogen and oxygen atoms in total. The van der Waals surface area contributed by atoms with Gasteiger partial charge in [-0.3, -0.25) is 33.7 Å². The van der Waals surface area contributed by atoms with Crippen LogP contribution in [0.3, 0.4) is 0 Å². The summed E-state index contributed by atoms with van der Waals surface area (Å²) in [5.41, 5.74) is 10.7. The average Bonchev–Trinajstić information content (AvgIpc) is 3.42. The minimum atomic E-state index is -0.821. The SMILES string of the molecule is CC[C@@H]1C[C@@H](OC(C)=O)[C@H](n2c(=O)sc3c(=O)[nH]c(N)nc32)O1.Nc1nc2[nH]c(=S)sc2c(=O)[nH]1. The van der Waals surface area contributed by atoms with E-state index in [1.54, 1.807) is 0 Å². The van der Waals surface area contributed by atoms with E-state index < -0.39 is 28.7 Å². The number of thiazole rings is 2. The van der Waals surface area contributed by atoms with Crippen LogP contribution in [0.5, 0.6) is 0 Å².